The molecular weight excluding hydrogens is 412 g/mol. The molecule has 2 aliphatic heterocycles. The standard InChI is InChI=1S/C22H26N6O4/c1-21(2,30)22(3)12-14-11-16(18(26-20(14)32-22)27-7-9-31-10-8-27)25-19(29)15-13-24-28-6-4-5-23-17(15)28/h4-6,11,13,30H,7-10,12H2,1-3H3,(H,25,29)/t22-/m0/s1. The summed E-state index contributed by atoms with van der Waals surface area (Å²) in [6.07, 6.45) is 5.34. The minimum atomic E-state index is -1.07. The smallest absolute Gasteiger partial charge is 0.261 e. The maximum atomic E-state index is 13.2. The number of nitrogens with zero attached hydrogens (tertiary/aromatic N) is 5. The lowest BCUT2D eigenvalue weighted by Crippen LogP contribution is -2.51. The molecular formula is C22H26N6O4. The minimum absolute atomic E-state index is 0.320. The van der Waals surface area contributed by atoms with Gasteiger partial charge in [0.15, 0.2) is 11.5 Å². The van der Waals surface area contributed by atoms with E-state index in [4.69, 9.17) is 14.5 Å². The van der Waals surface area contributed by atoms with Crippen molar-refractivity contribution in [2.75, 3.05) is 36.5 Å². The second-order valence-corrected chi connectivity index (χ2v) is 8.89. The summed E-state index contributed by atoms with van der Waals surface area (Å²) in [5.74, 6) is 0.774. The van der Waals surface area contributed by atoms with E-state index in [1.165, 1.54) is 6.20 Å². The Balaban J connectivity index is 1.52. The van der Waals surface area contributed by atoms with E-state index in [1.54, 1.807) is 36.8 Å². The van der Waals surface area contributed by atoms with Crippen LogP contribution in [0.2, 0.25) is 0 Å². The molecule has 1 amide bonds. The van der Waals surface area contributed by atoms with E-state index in [-0.39, 0.29) is 5.91 Å². The van der Waals surface area contributed by atoms with Gasteiger partial charge in [-0.25, -0.2) is 9.50 Å². The van der Waals surface area contributed by atoms with E-state index in [9.17, 15) is 9.90 Å². The maximum Gasteiger partial charge on any atom is 0.261 e. The average Bonchev–Trinajstić information content (AvgIpc) is 3.34. The number of aromatic nitrogens is 4. The molecule has 0 aromatic carbocycles. The Hall–Kier alpha value is -3.24. The first-order valence-electron chi connectivity index (χ1n) is 10.6. The van der Waals surface area contributed by atoms with Crippen molar-refractivity contribution in [2.45, 2.75) is 38.4 Å². The number of pyridine rings is 1. The van der Waals surface area contributed by atoms with Crippen LogP contribution in [0.3, 0.4) is 0 Å². The molecule has 0 radical (unpaired) electrons. The SMILES string of the molecule is CC(C)(O)[C@]1(C)Cc2cc(NC(=O)c3cnn4cccnc34)c(N3CCOCC3)nc2O1. The van der Waals surface area contributed by atoms with Crippen molar-refractivity contribution in [3.05, 3.63) is 41.9 Å². The maximum absolute atomic E-state index is 13.2. The summed E-state index contributed by atoms with van der Waals surface area (Å²) in [5.41, 5.74) is 0.370. The highest BCUT2D eigenvalue weighted by molar-refractivity contribution is 6.09. The lowest BCUT2D eigenvalue weighted by atomic mass is 9.84. The first kappa shape index (κ1) is 20.7. The van der Waals surface area contributed by atoms with Gasteiger partial charge in [-0.05, 0) is 32.9 Å². The molecule has 2 N–H and O–H groups in total. The number of carbonyl (C=O) groups is 1. The Kier molecular flexibility index (Phi) is 4.79. The van der Waals surface area contributed by atoms with E-state index in [2.05, 4.69) is 20.3 Å². The van der Waals surface area contributed by atoms with Crippen LogP contribution in [-0.2, 0) is 11.2 Å². The van der Waals surface area contributed by atoms with Gasteiger partial charge in [-0.15, -0.1) is 0 Å². The molecule has 5 rings (SSSR count). The molecule has 0 saturated carbocycles. The largest absolute Gasteiger partial charge is 0.468 e. The zero-order valence-corrected chi connectivity index (χ0v) is 18.3. The van der Waals surface area contributed by atoms with Crippen LogP contribution in [-0.4, -0.2) is 68.1 Å². The van der Waals surface area contributed by atoms with E-state index in [1.807, 2.05) is 13.0 Å². The van der Waals surface area contributed by atoms with Gasteiger partial charge >= 0.3 is 0 Å². The van der Waals surface area contributed by atoms with Gasteiger partial charge in [0.2, 0.25) is 5.88 Å². The molecule has 2 aliphatic rings. The van der Waals surface area contributed by atoms with Gasteiger partial charge in [0.25, 0.3) is 5.91 Å². The van der Waals surface area contributed by atoms with Crippen LogP contribution in [0.15, 0.2) is 30.7 Å². The molecule has 0 aliphatic carbocycles. The summed E-state index contributed by atoms with van der Waals surface area (Å²) in [6, 6.07) is 3.64. The van der Waals surface area contributed by atoms with Crippen molar-refractivity contribution in [1.29, 1.82) is 0 Å². The van der Waals surface area contributed by atoms with E-state index < -0.39 is 11.2 Å². The summed E-state index contributed by atoms with van der Waals surface area (Å²) in [7, 11) is 0. The molecule has 10 nitrogen and oxygen atoms in total. The van der Waals surface area contributed by atoms with Crippen LogP contribution in [0, 0.1) is 0 Å². The second kappa shape index (κ2) is 7.42. The van der Waals surface area contributed by atoms with Gasteiger partial charge in [-0.1, -0.05) is 0 Å². The first-order valence-corrected chi connectivity index (χ1v) is 10.6. The monoisotopic (exact) mass is 438 g/mol. The molecule has 5 heterocycles. The molecule has 1 fully saturated rings. The van der Waals surface area contributed by atoms with Gasteiger partial charge in [0, 0.05) is 37.5 Å². The zero-order chi connectivity index (χ0) is 22.5. The number of rotatable bonds is 4. The summed E-state index contributed by atoms with van der Waals surface area (Å²) in [5, 5.41) is 17.8. The molecule has 3 aromatic heterocycles. The fourth-order valence-electron chi connectivity index (χ4n) is 3.98. The molecule has 10 heteroatoms. The van der Waals surface area contributed by atoms with E-state index in [0.717, 1.165) is 5.56 Å². The third-order valence-electron chi connectivity index (χ3n) is 6.27. The number of amides is 1. The highest BCUT2D eigenvalue weighted by Crippen LogP contribution is 2.43. The predicted molar refractivity (Wildman–Crippen MR) is 117 cm³/mol. The van der Waals surface area contributed by atoms with Gasteiger partial charge in [-0.2, -0.15) is 10.1 Å². The number of carbonyl (C=O) groups excluding carboxylic acids is 1. The number of ether oxygens (including phenoxy) is 2. The molecule has 0 bridgehead atoms. The Labute approximate surface area is 185 Å². The molecule has 32 heavy (non-hydrogen) atoms. The molecule has 1 atom stereocenters. The van der Waals surface area contributed by atoms with Gasteiger partial charge in [-0.3, -0.25) is 4.79 Å². The van der Waals surface area contributed by atoms with Crippen molar-refractivity contribution >= 4 is 23.1 Å². The van der Waals surface area contributed by atoms with Crippen molar-refractivity contribution in [3.63, 3.8) is 0 Å². The van der Waals surface area contributed by atoms with Crippen molar-refractivity contribution in [3.8, 4) is 5.88 Å². The van der Waals surface area contributed by atoms with Crippen LogP contribution in [0.25, 0.3) is 5.65 Å². The second-order valence-electron chi connectivity index (χ2n) is 8.89. The third kappa shape index (κ3) is 3.45. The Morgan fingerprint density at radius 3 is 2.84 bits per heavy atom. The highest BCUT2D eigenvalue weighted by atomic mass is 16.5. The van der Waals surface area contributed by atoms with Gasteiger partial charge in [0.1, 0.15) is 11.2 Å². The number of nitrogens with one attached hydrogen (secondary N) is 1. The number of anilines is 2. The molecule has 0 unspecified atom stereocenters. The normalized spacial score (nSPS) is 20.8. The molecule has 168 valence electrons. The van der Waals surface area contributed by atoms with Crippen LogP contribution in [0.1, 0.15) is 36.7 Å². The zero-order valence-electron chi connectivity index (χ0n) is 18.3. The van der Waals surface area contributed by atoms with E-state index >= 15 is 0 Å². The fraction of sp³-hybridized carbons (Fsp3) is 0.455. The predicted octanol–water partition coefficient (Wildman–Crippen LogP) is 1.68. The quantitative estimate of drug-likeness (QED) is 0.632. The van der Waals surface area contributed by atoms with Crippen LogP contribution < -0.4 is 15.0 Å². The average molecular weight is 438 g/mol. The Bertz CT molecular complexity index is 1180. The van der Waals surface area contributed by atoms with Crippen molar-refractivity contribution < 1.29 is 19.4 Å². The van der Waals surface area contributed by atoms with Gasteiger partial charge < -0.3 is 24.8 Å². The Morgan fingerprint density at radius 2 is 2.09 bits per heavy atom. The Morgan fingerprint density at radius 1 is 1.31 bits per heavy atom. The van der Waals surface area contributed by atoms with Crippen LogP contribution in [0.5, 0.6) is 5.88 Å². The third-order valence-corrected chi connectivity index (χ3v) is 6.27. The number of hydrogen-bond donors (Lipinski definition) is 2. The van der Waals surface area contributed by atoms with Crippen molar-refractivity contribution in [2.24, 2.45) is 0 Å². The summed E-state index contributed by atoms with van der Waals surface area (Å²) < 4.78 is 13.2. The van der Waals surface area contributed by atoms with Crippen LogP contribution >= 0.6 is 0 Å². The number of fused-ring (bicyclic) bond motifs is 2. The van der Waals surface area contributed by atoms with Gasteiger partial charge in [0.05, 0.1) is 30.7 Å². The first-order chi connectivity index (χ1) is 15.2. The summed E-state index contributed by atoms with van der Waals surface area (Å²) >= 11 is 0. The molecule has 1 saturated heterocycles. The van der Waals surface area contributed by atoms with Crippen LogP contribution in [0.4, 0.5) is 11.5 Å². The minimum Gasteiger partial charge on any atom is -0.468 e. The summed E-state index contributed by atoms with van der Waals surface area (Å²) in [6.45, 7) is 7.77. The number of hydrogen-bond acceptors (Lipinski definition) is 8. The van der Waals surface area contributed by atoms with Crippen molar-refractivity contribution in [1.82, 2.24) is 19.6 Å². The fourth-order valence-corrected chi connectivity index (χ4v) is 3.98. The number of aliphatic hydroxyl groups is 1. The van der Waals surface area contributed by atoms with E-state index in [0.29, 0.717) is 61.3 Å². The lowest BCUT2D eigenvalue weighted by molar-refractivity contribution is -0.0914. The summed E-state index contributed by atoms with van der Waals surface area (Å²) in [4.78, 5) is 24.3. The molecule has 0 spiro atoms. The topological polar surface area (TPSA) is 114 Å². The number of morpholine rings is 1. The molecule has 3 aromatic rings. The highest BCUT2D eigenvalue weighted by Gasteiger charge is 2.47. The lowest BCUT2D eigenvalue weighted by Gasteiger charge is -2.35.